The molecule has 0 aliphatic carbocycles. The van der Waals surface area contributed by atoms with E-state index in [1.807, 2.05) is 0 Å². The number of carboxylic acids is 3. The predicted octanol–water partition coefficient (Wildman–Crippen LogP) is 17.2. The number of unbranched alkanes of at least 4 members (excludes halogenated alkanes) is 33. The Kier molecular flexibility index (Phi) is 70.6. The van der Waals surface area contributed by atoms with E-state index in [0.717, 1.165) is 38.5 Å². The van der Waals surface area contributed by atoms with Gasteiger partial charge in [-0.15, -0.1) is 0 Å². The van der Waals surface area contributed by atoms with Gasteiger partial charge in [0, 0.05) is 26.2 Å². The molecule has 1 unspecified atom stereocenters. The van der Waals surface area contributed by atoms with E-state index < -0.39 is 30.0 Å². The number of aliphatic hydroxyl groups excluding tert-OH is 2. The van der Waals surface area contributed by atoms with Gasteiger partial charge >= 0.3 is 23.9 Å². The lowest BCUT2D eigenvalue weighted by molar-refractivity contribution is -0.144. The summed E-state index contributed by atoms with van der Waals surface area (Å²) >= 11 is 0. The number of aliphatic carboxylic acids is 3. The number of carbonyl (C=O) groups excluding carboxylic acids is 1. The molecule has 0 spiro atoms. The molecule has 0 fully saturated rings. The lowest BCUT2D eigenvalue weighted by atomic mass is 10.1. The van der Waals surface area contributed by atoms with Crippen molar-refractivity contribution >= 4 is 23.9 Å². The fourth-order valence-electron chi connectivity index (χ4n) is 7.31. The Morgan fingerprint density at radius 2 is 0.565 bits per heavy atom. The van der Waals surface area contributed by atoms with E-state index in [4.69, 9.17) is 25.5 Å². The maximum absolute atomic E-state index is 10.3. The number of hydrogen-bond donors (Lipinski definition) is 5. The quantitative estimate of drug-likeness (QED) is 0.0224. The molecule has 69 heavy (non-hydrogen) atoms. The second-order valence-electron chi connectivity index (χ2n) is 18.8. The highest BCUT2D eigenvalue weighted by molar-refractivity contribution is 5.67. The Labute approximate surface area is 425 Å². The summed E-state index contributed by atoms with van der Waals surface area (Å²) in [5.41, 5.74) is 0. The lowest BCUT2D eigenvalue weighted by Crippen LogP contribution is -2.20. The number of esters is 1. The number of hydrogen-bond acceptors (Lipinski definition) is 7. The van der Waals surface area contributed by atoms with E-state index in [0.29, 0.717) is 19.3 Å². The van der Waals surface area contributed by atoms with Crippen molar-refractivity contribution in [2.45, 2.75) is 303 Å². The minimum Gasteiger partial charge on any atom is -0.481 e. The van der Waals surface area contributed by atoms with E-state index in [1.54, 1.807) is 0 Å². The average Bonchev–Trinajstić information content (AvgIpc) is 3.32. The number of ether oxygens (including phenoxy) is 1. The normalized spacial score (nSPS) is 11.4. The third kappa shape index (κ3) is 85.3. The van der Waals surface area contributed by atoms with Gasteiger partial charge in [-0.3, -0.25) is 19.2 Å². The Morgan fingerprint density at radius 1 is 0.362 bits per heavy atom. The Hall–Kier alpha value is -2.98. The monoisotopic (exact) mass is 981 g/mol. The first-order valence-corrected chi connectivity index (χ1v) is 28.5. The van der Waals surface area contributed by atoms with Crippen LogP contribution < -0.4 is 0 Å². The minimum absolute atomic E-state index is 0.133. The van der Waals surface area contributed by atoms with Gasteiger partial charge in [-0.05, 0) is 96.3 Å². The van der Waals surface area contributed by atoms with Gasteiger partial charge in [0.25, 0.3) is 0 Å². The SMILES string of the molecule is CC(=O)OCC(O)CO.CCCCCCCC/C=C\CCCCCCCC(=O)O.CCCCCCCC/C=C\CCCCCCCC(=O)O.CCCCCCCC/C=C\CCCCCCCC(=O)O. The molecule has 10 heteroatoms. The van der Waals surface area contributed by atoms with Gasteiger partial charge in [0.2, 0.25) is 0 Å². The molecule has 0 saturated carbocycles. The van der Waals surface area contributed by atoms with Crippen molar-refractivity contribution in [2.75, 3.05) is 13.2 Å². The molecule has 408 valence electrons. The van der Waals surface area contributed by atoms with Gasteiger partial charge in [-0.25, -0.2) is 0 Å². The topological polar surface area (TPSA) is 179 Å². The predicted molar refractivity (Wildman–Crippen MR) is 291 cm³/mol. The first kappa shape index (κ1) is 72.6. The summed E-state index contributed by atoms with van der Waals surface area (Å²) in [5.74, 6) is -2.45. The molecule has 0 aromatic heterocycles. The molecule has 0 radical (unpaired) electrons. The lowest BCUT2D eigenvalue weighted by Gasteiger charge is -2.05. The second-order valence-corrected chi connectivity index (χ2v) is 18.8. The van der Waals surface area contributed by atoms with Gasteiger partial charge < -0.3 is 30.3 Å². The zero-order valence-electron chi connectivity index (χ0n) is 45.4. The summed E-state index contributed by atoms with van der Waals surface area (Å²) in [5, 5.41) is 42.3. The number of allylic oxidation sites excluding steroid dienone is 6. The number of carbonyl (C=O) groups is 4. The van der Waals surface area contributed by atoms with Crippen LogP contribution >= 0.6 is 0 Å². The summed E-state index contributed by atoms with van der Waals surface area (Å²) < 4.78 is 4.35. The fourth-order valence-corrected chi connectivity index (χ4v) is 7.31. The molecule has 0 aromatic rings. The molecule has 0 bridgehead atoms. The molecule has 0 saturated heterocycles. The smallest absolute Gasteiger partial charge is 0.303 e. The number of rotatable bonds is 48. The molecule has 0 aromatic carbocycles. The first-order chi connectivity index (χ1) is 33.5. The molecule has 0 aliphatic rings. The highest BCUT2D eigenvalue weighted by Crippen LogP contribution is 2.13. The van der Waals surface area contributed by atoms with Crippen molar-refractivity contribution in [3.05, 3.63) is 36.5 Å². The van der Waals surface area contributed by atoms with Crippen LogP contribution in [0.3, 0.4) is 0 Å². The largest absolute Gasteiger partial charge is 0.481 e. The van der Waals surface area contributed by atoms with Crippen LogP contribution in [-0.4, -0.2) is 68.7 Å². The van der Waals surface area contributed by atoms with E-state index in [-0.39, 0.29) is 13.2 Å². The highest BCUT2D eigenvalue weighted by atomic mass is 16.5. The van der Waals surface area contributed by atoms with Gasteiger partial charge in [0.1, 0.15) is 12.7 Å². The Morgan fingerprint density at radius 3 is 0.754 bits per heavy atom. The van der Waals surface area contributed by atoms with Crippen LogP contribution in [-0.2, 0) is 23.9 Å². The molecule has 0 aliphatic heterocycles. The summed E-state index contributed by atoms with van der Waals surface area (Å²) in [6, 6.07) is 0. The molecular formula is C59H112O10. The molecular weight excluding hydrogens is 869 g/mol. The molecule has 1 atom stereocenters. The average molecular weight is 982 g/mol. The zero-order chi connectivity index (χ0) is 51.9. The van der Waals surface area contributed by atoms with Gasteiger partial charge in [-0.2, -0.15) is 0 Å². The summed E-state index contributed by atoms with van der Waals surface area (Å²) in [6.45, 7) is 7.50. The molecule has 10 nitrogen and oxygen atoms in total. The third-order valence-corrected chi connectivity index (χ3v) is 11.6. The Balaban J connectivity index is -0.000000421. The summed E-state index contributed by atoms with van der Waals surface area (Å²) in [6.07, 6.45) is 62.8. The second kappa shape index (κ2) is 67.1. The van der Waals surface area contributed by atoms with E-state index in [2.05, 4.69) is 62.0 Å². The van der Waals surface area contributed by atoms with Crippen molar-refractivity contribution in [1.29, 1.82) is 0 Å². The molecule has 5 N–H and O–H groups in total. The third-order valence-electron chi connectivity index (χ3n) is 11.6. The van der Waals surface area contributed by atoms with Crippen LogP contribution in [0.1, 0.15) is 297 Å². The first-order valence-electron chi connectivity index (χ1n) is 28.5. The number of carboxylic acid groups (broad SMARTS) is 3. The van der Waals surface area contributed by atoms with Crippen LogP contribution in [0.2, 0.25) is 0 Å². The maximum atomic E-state index is 10.3. The fraction of sp³-hybridized carbons (Fsp3) is 0.831. The van der Waals surface area contributed by atoms with Crippen molar-refractivity contribution in [3.63, 3.8) is 0 Å². The molecule has 0 rings (SSSR count). The maximum Gasteiger partial charge on any atom is 0.303 e. The van der Waals surface area contributed by atoms with Crippen molar-refractivity contribution in [2.24, 2.45) is 0 Å². The van der Waals surface area contributed by atoms with Crippen LogP contribution in [0.5, 0.6) is 0 Å². The van der Waals surface area contributed by atoms with Gasteiger partial charge in [0.15, 0.2) is 0 Å². The van der Waals surface area contributed by atoms with Crippen LogP contribution in [0.15, 0.2) is 36.5 Å². The number of aliphatic hydroxyl groups is 2. The zero-order valence-corrected chi connectivity index (χ0v) is 45.4. The van der Waals surface area contributed by atoms with Crippen molar-refractivity contribution in [3.8, 4) is 0 Å². The Bertz CT molecular complexity index is 1020. The van der Waals surface area contributed by atoms with Crippen LogP contribution in [0.4, 0.5) is 0 Å². The van der Waals surface area contributed by atoms with E-state index >= 15 is 0 Å². The van der Waals surface area contributed by atoms with E-state index in [1.165, 1.54) is 219 Å². The minimum atomic E-state index is -0.950. The van der Waals surface area contributed by atoms with Gasteiger partial charge in [-0.1, -0.05) is 211 Å². The van der Waals surface area contributed by atoms with E-state index in [9.17, 15) is 19.2 Å². The van der Waals surface area contributed by atoms with Crippen LogP contribution in [0.25, 0.3) is 0 Å². The van der Waals surface area contributed by atoms with Crippen molar-refractivity contribution < 1.29 is 49.4 Å². The summed E-state index contributed by atoms with van der Waals surface area (Å²) in [7, 11) is 0. The molecule has 0 amide bonds. The van der Waals surface area contributed by atoms with Crippen molar-refractivity contribution in [1.82, 2.24) is 0 Å². The van der Waals surface area contributed by atoms with Crippen LogP contribution in [0, 0.1) is 0 Å². The standard InChI is InChI=1S/3C18H34O2.C5H10O4/c3*1-2-3-4-5-6-7-8-9-10-11-12-13-14-15-16-17-18(19)20;1-4(7)9-3-5(8)2-6/h3*9-10H,2-8,11-17H2,1H3,(H,19,20);5-6,8H,2-3H2,1H3/b3*10-9-;. The van der Waals surface area contributed by atoms with Gasteiger partial charge in [0.05, 0.1) is 6.61 Å². The summed E-state index contributed by atoms with van der Waals surface area (Å²) in [4.78, 5) is 41.0. The molecule has 0 heterocycles. The highest BCUT2D eigenvalue weighted by Gasteiger charge is 2.02.